The molecule has 106 valence electrons. The summed E-state index contributed by atoms with van der Waals surface area (Å²) in [5.74, 6) is -1.74. The van der Waals surface area contributed by atoms with E-state index in [-0.39, 0.29) is 17.9 Å². The minimum absolute atomic E-state index is 0.148. The Bertz CT molecular complexity index is 512. The molecule has 3 N–H and O–H groups in total. The van der Waals surface area contributed by atoms with Crippen molar-refractivity contribution in [3.63, 3.8) is 0 Å². The van der Waals surface area contributed by atoms with Crippen LogP contribution in [0.2, 0.25) is 0 Å². The van der Waals surface area contributed by atoms with Crippen molar-refractivity contribution in [3.05, 3.63) is 35.9 Å². The minimum atomic E-state index is -1.09. The van der Waals surface area contributed by atoms with Gasteiger partial charge in [0.15, 0.2) is 0 Å². The molecule has 0 aliphatic carbocycles. The standard InChI is InChI=1S/C8H7NO3.C4H5NO3/c9-8(11)12-7(10)6-4-2-1-3-5-6;6-3-1-2-4(7)5(3)8/h1-5H,(H2,9,11);8H,1-2H2. The fourth-order valence-electron chi connectivity index (χ4n) is 1.29. The summed E-state index contributed by atoms with van der Waals surface area (Å²) in [5.41, 5.74) is 4.95. The van der Waals surface area contributed by atoms with Crippen LogP contribution in [0.3, 0.4) is 0 Å². The third-order valence-corrected chi connectivity index (χ3v) is 2.23. The Morgan fingerprint density at radius 1 is 1.10 bits per heavy atom. The molecule has 0 aromatic heterocycles. The zero-order chi connectivity index (χ0) is 15.1. The molecule has 0 unspecified atom stereocenters. The third-order valence-electron chi connectivity index (χ3n) is 2.23. The summed E-state index contributed by atoms with van der Waals surface area (Å²) in [5, 5.41) is 8.57. The Hall–Kier alpha value is -2.74. The first kappa shape index (κ1) is 15.3. The van der Waals surface area contributed by atoms with Gasteiger partial charge in [-0.15, -0.1) is 0 Å². The number of rotatable bonds is 1. The first-order chi connectivity index (χ1) is 9.41. The molecule has 20 heavy (non-hydrogen) atoms. The van der Waals surface area contributed by atoms with Crippen molar-refractivity contribution in [2.24, 2.45) is 5.73 Å². The van der Waals surface area contributed by atoms with Crippen molar-refractivity contribution in [1.82, 2.24) is 5.06 Å². The SMILES string of the molecule is NC(=O)OC(=O)c1ccccc1.O=C1CCC(=O)N1O. The van der Waals surface area contributed by atoms with E-state index in [1.54, 1.807) is 18.2 Å². The Labute approximate surface area is 113 Å². The average molecular weight is 280 g/mol. The van der Waals surface area contributed by atoms with E-state index >= 15 is 0 Å². The quantitative estimate of drug-likeness (QED) is 0.332. The van der Waals surface area contributed by atoms with Crippen molar-refractivity contribution < 1.29 is 29.1 Å². The molecule has 1 aliphatic heterocycles. The van der Waals surface area contributed by atoms with Crippen molar-refractivity contribution in [2.45, 2.75) is 12.8 Å². The number of nitrogens with zero attached hydrogens (tertiary/aromatic N) is 1. The molecule has 0 spiro atoms. The van der Waals surface area contributed by atoms with Crippen molar-refractivity contribution in [3.8, 4) is 0 Å². The van der Waals surface area contributed by atoms with Crippen molar-refractivity contribution in [2.75, 3.05) is 0 Å². The molecule has 1 aromatic rings. The summed E-state index contributed by atoms with van der Waals surface area (Å²) in [6, 6.07) is 8.15. The van der Waals surface area contributed by atoms with Crippen molar-refractivity contribution >= 4 is 23.9 Å². The predicted octanol–water partition coefficient (Wildman–Crippen LogP) is 0.447. The highest BCUT2D eigenvalue weighted by Gasteiger charge is 2.26. The van der Waals surface area contributed by atoms with Gasteiger partial charge >= 0.3 is 12.1 Å². The molecular formula is C12H12N2O6. The molecule has 0 radical (unpaired) electrons. The van der Waals surface area contributed by atoms with Crippen LogP contribution in [-0.4, -0.2) is 34.1 Å². The normalized spacial score (nSPS) is 13.6. The van der Waals surface area contributed by atoms with Gasteiger partial charge in [-0.1, -0.05) is 18.2 Å². The monoisotopic (exact) mass is 280 g/mol. The average Bonchev–Trinajstić information content (AvgIpc) is 2.71. The topological polar surface area (TPSA) is 127 Å². The number of ether oxygens (including phenoxy) is 1. The number of esters is 1. The molecule has 0 saturated carbocycles. The first-order valence-electron chi connectivity index (χ1n) is 5.53. The van der Waals surface area contributed by atoms with E-state index in [1.165, 1.54) is 12.1 Å². The van der Waals surface area contributed by atoms with E-state index < -0.39 is 23.9 Å². The summed E-state index contributed by atoms with van der Waals surface area (Å²) in [6.45, 7) is 0. The van der Waals surface area contributed by atoms with Gasteiger partial charge in [0.1, 0.15) is 0 Å². The van der Waals surface area contributed by atoms with Gasteiger partial charge in [0.2, 0.25) is 0 Å². The lowest BCUT2D eigenvalue weighted by molar-refractivity contribution is -0.171. The summed E-state index contributed by atoms with van der Waals surface area (Å²) in [6.07, 6.45) is -0.797. The van der Waals surface area contributed by atoms with E-state index in [0.29, 0.717) is 5.56 Å². The van der Waals surface area contributed by atoms with Crippen LogP contribution in [0.1, 0.15) is 23.2 Å². The number of hydroxylamine groups is 2. The number of imide groups is 1. The largest absolute Gasteiger partial charge is 0.412 e. The van der Waals surface area contributed by atoms with E-state index in [2.05, 4.69) is 10.5 Å². The van der Waals surface area contributed by atoms with Crippen LogP contribution in [0, 0.1) is 0 Å². The highest BCUT2D eigenvalue weighted by molar-refractivity contribution is 6.00. The lowest BCUT2D eigenvalue weighted by atomic mass is 10.2. The lowest BCUT2D eigenvalue weighted by Gasteiger charge is -1.98. The van der Waals surface area contributed by atoms with Crippen LogP contribution >= 0.6 is 0 Å². The lowest BCUT2D eigenvalue weighted by Crippen LogP contribution is -2.24. The highest BCUT2D eigenvalue weighted by Crippen LogP contribution is 2.07. The van der Waals surface area contributed by atoms with Crippen LogP contribution in [0.5, 0.6) is 0 Å². The number of primary amides is 1. The molecule has 1 aromatic carbocycles. The van der Waals surface area contributed by atoms with Crippen LogP contribution in [-0.2, 0) is 14.3 Å². The number of nitrogens with two attached hydrogens (primary N) is 1. The molecule has 8 heteroatoms. The zero-order valence-electron chi connectivity index (χ0n) is 10.3. The molecule has 2 rings (SSSR count). The summed E-state index contributed by atoms with van der Waals surface area (Å²) in [7, 11) is 0. The number of hydrogen-bond donors (Lipinski definition) is 2. The Morgan fingerprint density at radius 3 is 1.95 bits per heavy atom. The maximum atomic E-state index is 10.9. The second-order valence-corrected chi connectivity index (χ2v) is 3.67. The molecule has 1 saturated heterocycles. The predicted molar refractivity (Wildman–Crippen MR) is 64.3 cm³/mol. The number of benzene rings is 1. The van der Waals surface area contributed by atoms with Gasteiger partial charge in [-0.25, -0.2) is 9.59 Å². The number of amides is 3. The van der Waals surface area contributed by atoms with Gasteiger partial charge in [0.25, 0.3) is 11.8 Å². The smallest absolute Gasteiger partial charge is 0.373 e. The molecular weight excluding hydrogens is 268 g/mol. The second-order valence-electron chi connectivity index (χ2n) is 3.67. The Balaban J connectivity index is 0.000000217. The first-order valence-corrected chi connectivity index (χ1v) is 5.53. The Kier molecular flexibility index (Phi) is 5.36. The highest BCUT2D eigenvalue weighted by atomic mass is 16.6. The van der Waals surface area contributed by atoms with Gasteiger partial charge in [0.05, 0.1) is 5.56 Å². The molecule has 3 amide bonds. The Morgan fingerprint density at radius 2 is 1.60 bits per heavy atom. The summed E-state index contributed by atoms with van der Waals surface area (Å²) < 4.78 is 4.14. The number of carbonyl (C=O) groups is 4. The third kappa shape index (κ3) is 4.50. The zero-order valence-corrected chi connectivity index (χ0v) is 10.3. The van der Waals surface area contributed by atoms with Crippen LogP contribution in [0.15, 0.2) is 30.3 Å². The summed E-state index contributed by atoms with van der Waals surface area (Å²) in [4.78, 5) is 41.6. The van der Waals surface area contributed by atoms with Crippen molar-refractivity contribution in [1.29, 1.82) is 0 Å². The molecule has 1 heterocycles. The van der Waals surface area contributed by atoms with E-state index in [9.17, 15) is 19.2 Å². The maximum Gasteiger partial charge on any atom is 0.412 e. The molecule has 0 bridgehead atoms. The van der Waals surface area contributed by atoms with Crippen LogP contribution in [0.25, 0.3) is 0 Å². The van der Waals surface area contributed by atoms with Gasteiger partial charge in [0, 0.05) is 12.8 Å². The van der Waals surface area contributed by atoms with E-state index in [0.717, 1.165) is 0 Å². The fraction of sp³-hybridized carbons (Fsp3) is 0.167. The van der Waals surface area contributed by atoms with Gasteiger partial charge in [-0.05, 0) is 12.1 Å². The second kappa shape index (κ2) is 7.00. The molecule has 1 aliphatic rings. The maximum absolute atomic E-state index is 10.9. The number of carbonyl (C=O) groups excluding carboxylic acids is 4. The van der Waals surface area contributed by atoms with Crippen LogP contribution < -0.4 is 5.73 Å². The fourth-order valence-corrected chi connectivity index (χ4v) is 1.29. The molecule has 8 nitrogen and oxygen atoms in total. The van der Waals surface area contributed by atoms with E-state index in [4.69, 9.17) is 5.21 Å². The van der Waals surface area contributed by atoms with Gasteiger partial charge < -0.3 is 10.5 Å². The van der Waals surface area contributed by atoms with Crippen LogP contribution in [0.4, 0.5) is 4.79 Å². The minimum Gasteiger partial charge on any atom is -0.373 e. The van der Waals surface area contributed by atoms with E-state index in [1.807, 2.05) is 0 Å². The van der Waals surface area contributed by atoms with Gasteiger partial charge in [-0.3, -0.25) is 14.8 Å². The van der Waals surface area contributed by atoms with Gasteiger partial charge in [-0.2, -0.15) is 5.06 Å². The molecule has 0 atom stereocenters. The number of hydrogen-bond acceptors (Lipinski definition) is 6. The summed E-state index contributed by atoms with van der Waals surface area (Å²) >= 11 is 0. The molecule has 1 fully saturated rings.